The largest absolute Gasteiger partial charge is 0.478 e. The number of nitro benzene ring substituents is 1. The fourth-order valence-corrected chi connectivity index (χ4v) is 1.96. The van der Waals surface area contributed by atoms with Crippen LogP contribution in [0.3, 0.4) is 0 Å². The highest BCUT2D eigenvalue weighted by Gasteiger charge is 2.12. The fraction of sp³-hybridized carbons (Fsp3) is 0. The van der Waals surface area contributed by atoms with Crippen LogP contribution in [0.5, 0.6) is 0 Å². The first-order chi connectivity index (χ1) is 10.5. The van der Waals surface area contributed by atoms with Crippen LogP contribution in [-0.2, 0) is 4.79 Å². The molecule has 0 aliphatic carbocycles. The molecule has 0 fully saturated rings. The van der Waals surface area contributed by atoms with E-state index in [1.807, 2.05) is 0 Å². The minimum atomic E-state index is -1.10. The van der Waals surface area contributed by atoms with Gasteiger partial charge in [-0.3, -0.25) is 10.1 Å². The van der Waals surface area contributed by atoms with E-state index in [0.29, 0.717) is 11.1 Å². The Morgan fingerprint density at radius 1 is 1.14 bits per heavy atom. The van der Waals surface area contributed by atoms with Gasteiger partial charge in [-0.1, -0.05) is 49.1 Å². The standard InChI is InChI=1S/C17H13NO4/c1-2-12-6-8-14(9-7-12)16(17(19)20)11-13-4-3-5-15(10-13)18(21)22/h2-11H,1H2,(H,19,20). The number of hydrogen-bond acceptors (Lipinski definition) is 3. The summed E-state index contributed by atoms with van der Waals surface area (Å²) in [6, 6.07) is 12.7. The molecule has 0 aromatic heterocycles. The Morgan fingerprint density at radius 3 is 2.36 bits per heavy atom. The first-order valence-electron chi connectivity index (χ1n) is 6.43. The Labute approximate surface area is 127 Å². The molecule has 0 amide bonds. The Morgan fingerprint density at radius 2 is 1.82 bits per heavy atom. The van der Waals surface area contributed by atoms with Crippen molar-refractivity contribution in [3.8, 4) is 0 Å². The highest BCUT2D eigenvalue weighted by molar-refractivity contribution is 6.20. The van der Waals surface area contributed by atoms with Crippen molar-refractivity contribution in [2.75, 3.05) is 0 Å². The summed E-state index contributed by atoms with van der Waals surface area (Å²) in [7, 11) is 0. The summed E-state index contributed by atoms with van der Waals surface area (Å²) in [6.07, 6.45) is 3.08. The van der Waals surface area contributed by atoms with Crippen LogP contribution in [0.25, 0.3) is 17.7 Å². The van der Waals surface area contributed by atoms with Gasteiger partial charge in [0.15, 0.2) is 0 Å². The number of benzene rings is 2. The quantitative estimate of drug-likeness (QED) is 0.393. The van der Waals surface area contributed by atoms with Crippen molar-refractivity contribution in [3.05, 3.63) is 81.9 Å². The number of rotatable bonds is 5. The van der Waals surface area contributed by atoms with Crippen molar-refractivity contribution in [2.24, 2.45) is 0 Å². The van der Waals surface area contributed by atoms with Crippen molar-refractivity contribution in [1.29, 1.82) is 0 Å². The molecule has 0 saturated carbocycles. The van der Waals surface area contributed by atoms with Gasteiger partial charge in [-0.2, -0.15) is 0 Å². The molecule has 0 unspecified atom stereocenters. The Kier molecular flexibility index (Phi) is 4.48. The molecule has 0 spiro atoms. The van der Waals surface area contributed by atoms with Crippen LogP contribution >= 0.6 is 0 Å². The van der Waals surface area contributed by atoms with E-state index in [1.165, 1.54) is 24.3 Å². The molecule has 2 aromatic carbocycles. The van der Waals surface area contributed by atoms with Gasteiger partial charge in [0.05, 0.1) is 10.5 Å². The minimum Gasteiger partial charge on any atom is -0.478 e. The molecule has 5 heteroatoms. The minimum absolute atomic E-state index is 0.0658. The topological polar surface area (TPSA) is 80.4 Å². The van der Waals surface area contributed by atoms with Crippen LogP contribution in [-0.4, -0.2) is 16.0 Å². The molecule has 0 atom stereocenters. The van der Waals surface area contributed by atoms with E-state index < -0.39 is 10.9 Å². The third-order valence-corrected chi connectivity index (χ3v) is 3.08. The van der Waals surface area contributed by atoms with E-state index >= 15 is 0 Å². The zero-order valence-corrected chi connectivity index (χ0v) is 11.6. The predicted octanol–water partition coefficient (Wildman–Crippen LogP) is 3.86. The van der Waals surface area contributed by atoms with Crippen molar-refractivity contribution in [2.45, 2.75) is 0 Å². The third-order valence-electron chi connectivity index (χ3n) is 3.08. The van der Waals surface area contributed by atoms with Crippen LogP contribution in [0.4, 0.5) is 5.69 Å². The molecule has 2 aromatic rings. The van der Waals surface area contributed by atoms with E-state index in [2.05, 4.69) is 6.58 Å². The average Bonchev–Trinajstić information content (AvgIpc) is 2.53. The molecule has 5 nitrogen and oxygen atoms in total. The number of nitrogens with zero attached hydrogens (tertiary/aromatic N) is 1. The van der Waals surface area contributed by atoms with Gasteiger partial charge in [-0.25, -0.2) is 4.79 Å². The Hall–Kier alpha value is -3.21. The number of non-ortho nitro benzene ring substituents is 1. The molecule has 0 radical (unpaired) electrons. The smallest absolute Gasteiger partial charge is 0.336 e. The second-order valence-corrected chi connectivity index (χ2v) is 4.54. The summed E-state index contributed by atoms with van der Waals surface area (Å²) in [6.45, 7) is 3.64. The predicted molar refractivity (Wildman–Crippen MR) is 85.1 cm³/mol. The van der Waals surface area contributed by atoms with Crippen LogP contribution in [0, 0.1) is 10.1 Å². The number of carboxylic acids is 1. The van der Waals surface area contributed by atoms with E-state index in [9.17, 15) is 20.0 Å². The molecular weight excluding hydrogens is 282 g/mol. The fourth-order valence-electron chi connectivity index (χ4n) is 1.96. The van der Waals surface area contributed by atoms with Crippen LogP contribution in [0.15, 0.2) is 55.1 Å². The molecule has 0 heterocycles. The van der Waals surface area contributed by atoms with Crippen molar-refractivity contribution in [1.82, 2.24) is 0 Å². The number of carbonyl (C=O) groups is 1. The third kappa shape index (κ3) is 3.46. The van der Waals surface area contributed by atoms with Crippen molar-refractivity contribution >= 4 is 29.4 Å². The molecule has 22 heavy (non-hydrogen) atoms. The second kappa shape index (κ2) is 6.49. The Balaban J connectivity index is 2.46. The molecule has 0 saturated heterocycles. The van der Waals surface area contributed by atoms with Gasteiger partial charge in [-0.05, 0) is 22.8 Å². The van der Waals surface area contributed by atoms with Crippen LogP contribution in [0.1, 0.15) is 16.7 Å². The summed E-state index contributed by atoms with van der Waals surface area (Å²) in [5.41, 5.74) is 1.84. The van der Waals surface area contributed by atoms with Gasteiger partial charge < -0.3 is 5.11 Å². The van der Waals surface area contributed by atoms with E-state index in [-0.39, 0.29) is 11.3 Å². The lowest BCUT2D eigenvalue weighted by Crippen LogP contribution is -1.99. The van der Waals surface area contributed by atoms with E-state index in [0.717, 1.165) is 5.56 Å². The first kappa shape index (κ1) is 15.2. The summed E-state index contributed by atoms with van der Waals surface area (Å²) in [5.74, 6) is -1.10. The van der Waals surface area contributed by atoms with Crippen molar-refractivity contribution in [3.63, 3.8) is 0 Å². The maximum absolute atomic E-state index is 11.5. The summed E-state index contributed by atoms with van der Waals surface area (Å²) >= 11 is 0. The van der Waals surface area contributed by atoms with E-state index in [1.54, 1.807) is 36.4 Å². The van der Waals surface area contributed by atoms with Gasteiger partial charge in [0, 0.05) is 12.1 Å². The molecule has 1 N–H and O–H groups in total. The highest BCUT2D eigenvalue weighted by Crippen LogP contribution is 2.22. The lowest BCUT2D eigenvalue weighted by molar-refractivity contribution is -0.384. The molecule has 0 bridgehead atoms. The zero-order valence-electron chi connectivity index (χ0n) is 11.6. The number of aliphatic carboxylic acids is 1. The zero-order chi connectivity index (χ0) is 16.1. The lowest BCUT2D eigenvalue weighted by atomic mass is 10.0. The maximum atomic E-state index is 11.5. The SMILES string of the molecule is C=Cc1ccc(C(=Cc2cccc([N+](=O)[O-])c2)C(=O)O)cc1. The number of nitro groups is 1. The summed E-state index contributed by atoms with van der Waals surface area (Å²) < 4.78 is 0. The normalized spacial score (nSPS) is 11.0. The van der Waals surface area contributed by atoms with Gasteiger partial charge in [0.1, 0.15) is 0 Å². The molecule has 110 valence electrons. The molecule has 0 aliphatic rings. The van der Waals surface area contributed by atoms with Gasteiger partial charge in [0.2, 0.25) is 0 Å². The maximum Gasteiger partial charge on any atom is 0.336 e. The van der Waals surface area contributed by atoms with Crippen molar-refractivity contribution < 1.29 is 14.8 Å². The second-order valence-electron chi connectivity index (χ2n) is 4.54. The molecular formula is C17H13NO4. The average molecular weight is 295 g/mol. The number of hydrogen-bond donors (Lipinski definition) is 1. The highest BCUT2D eigenvalue weighted by atomic mass is 16.6. The summed E-state index contributed by atoms with van der Waals surface area (Å²) in [4.78, 5) is 21.7. The van der Waals surface area contributed by atoms with Crippen LogP contribution < -0.4 is 0 Å². The lowest BCUT2D eigenvalue weighted by Gasteiger charge is -2.04. The van der Waals surface area contributed by atoms with Crippen LogP contribution in [0.2, 0.25) is 0 Å². The number of carboxylic acid groups (broad SMARTS) is 1. The molecule has 2 rings (SSSR count). The van der Waals surface area contributed by atoms with Gasteiger partial charge >= 0.3 is 5.97 Å². The van der Waals surface area contributed by atoms with Gasteiger partial charge in [-0.15, -0.1) is 0 Å². The van der Waals surface area contributed by atoms with E-state index in [4.69, 9.17) is 0 Å². The van der Waals surface area contributed by atoms with Gasteiger partial charge in [0.25, 0.3) is 5.69 Å². The monoisotopic (exact) mass is 295 g/mol. The molecule has 0 aliphatic heterocycles. The summed E-state index contributed by atoms with van der Waals surface area (Å²) in [5, 5.41) is 20.1. The first-order valence-corrected chi connectivity index (χ1v) is 6.43. The Bertz CT molecular complexity index is 760.